The SMILES string of the molecule is CC(=O)Nc1nc(C(=O)c2cc3ccc(O)cc3o2)cs1. The molecule has 7 heteroatoms. The quantitative estimate of drug-likeness (QED) is 0.726. The van der Waals surface area contributed by atoms with Crippen LogP contribution in [-0.2, 0) is 4.79 Å². The van der Waals surface area contributed by atoms with E-state index in [0.717, 1.165) is 11.3 Å². The third-order valence-electron chi connectivity index (χ3n) is 2.75. The molecule has 0 spiro atoms. The Hall–Kier alpha value is -2.67. The lowest BCUT2D eigenvalue weighted by Crippen LogP contribution is -2.06. The molecule has 0 aliphatic rings. The van der Waals surface area contributed by atoms with Gasteiger partial charge in [-0.3, -0.25) is 9.59 Å². The highest BCUT2D eigenvalue weighted by Gasteiger charge is 2.18. The zero-order chi connectivity index (χ0) is 15.0. The van der Waals surface area contributed by atoms with Gasteiger partial charge in [0.15, 0.2) is 10.9 Å². The number of ketones is 1. The van der Waals surface area contributed by atoms with E-state index in [4.69, 9.17) is 4.42 Å². The normalized spacial score (nSPS) is 10.7. The van der Waals surface area contributed by atoms with Crippen LogP contribution in [0.3, 0.4) is 0 Å². The number of thiazole rings is 1. The van der Waals surface area contributed by atoms with Gasteiger partial charge in [0.05, 0.1) is 0 Å². The van der Waals surface area contributed by atoms with E-state index in [1.165, 1.54) is 19.1 Å². The molecule has 6 nitrogen and oxygen atoms in total. The lowest BCUT2D eigenvalue weighted by atomic mass is 10.2. The molecule has 0 saturated carbocycles. The second-order valence-electron chi connectivity index (χ2n) is 4.38. The zero-order valence-corrected chi connectivity index (χ0v) is 11.7. The van der Waals surface area contributed by atoms with Crippen LogP contribution in [0.15, 0.2) is 34.1 Å². The van der Waals surface area contributed by atoms with Crippen LogP contribution in [0.25, 0.3) is 11.0 Å². The first-order chi connectivity index (χ1) is 10.0. The van der Waals surface area contributed by atoms with Gasteiger partial charge in [0, 0.05) is 23.8 Å². The van der Waals surface area contributed by atoms with Gasteiger partial charge in [0.2, 0.25) is 11.7 Å². The minimum absolute atomic E-state index is 0.0671. The highest BCUT2D eigenvalue weighted by molar-refractivity contribution is 7.14. The van der Waals surface area contributed by atoms with Crippen molar-refractivity contribution in [3.8, 4) is 5.75 Å². The molecule has 0 aliphatic carbocycles. The van der Waals surface area contributed by atoms with Crippen molar-refractivity contribution in [1.82, 2.24) is 4.98 Å². The number of furan rings is 1. The number of nitrogens with one attached hydrogen (secondary N) is 1. The maximum Gasteiger partial charge on any atom is 0.247 e. The summed E-state index contributed by atoms with van der Waals surface area (Å²) in [7, 11) is 0. The predicted octanol–water partition coefficient (Wildman–Crippen LogP) is 2.78. The van der Waals surface area contributed by atoms with Crippen LogP contribution >= 0.6 is 11.3 Å². The van der Waals surface area contributed by atoms with Crippen molar-refractivity contribution < 1.29 is 19.1 Å². The van der Waals surface area contributed by atoms with Crippen LogP contribution in [0.4, 0.5) is 5.13 Å². The number of carbonyl (C=O) groups is 2. The number of amides is 1. The first-order valence-electron chi connectivity index (χ1n) is 6.03. The highest BCUT2D eigenvalue weighted by atomic mass is 32.1. The molecule has 3 rings (SSSR count). The average molecular weight is 302 g/mol. The van der Waals surface area contributed by atoms with Gasteiger partial charge in [0.1, 0.15) is 17.0 Å². The molecule has 0 atom stereocenters. The number of hydrogen-bond acceptors (Lipinski definition) is 6. The molecule has 21 heavy (non-hydrogen) atoms. The van der Waals surface area contributed by atoms with Gasteiger partial charge in [-0.2, -0.15) is 0 Å². The Kier molecular flexibility index (Phi) is 3.19. The number of fused-ring (bicyclic) bond motifs is 1. The summed E-state index contributed by atoms with van der Waals surface area (Å²) in [6.07, 6.45) is 0. The third-order valence-corrected chi connectivity index (χ3v) is 3.50. The third kappa shape index (κ3) is 2.63. The summed E-state index contributed by atoms with van der Waals surface area (Å²) in [6.45, 7) is 1.37. The fourth-order valence-electron chi connectivity index (χ4n) is 1.84. The molecule has 3 aromatic rings. The molecule has 1 amide bonds. The van der Waals surface area contributed by atoms with E-state index in [-0.39, 0.29) is 28.9 Å². The number of nitrogens with zero attached hydrogens (tertiary/aromatic N) is 1. The number of aromatic hydroxyl groups is 1. The van der Waals surface area contributed by atoms with Gasteiger partial charge < -0.3 is 14.8 Å². The summed E-state index contributed by atoms with van der Waals surface area (Å²) in [5, 5.41) is 14.5. The standard InChI is InChI=1S/C14H10N2O4S/c1-7(17)15-14-16-10(6-21-14)13(19)12-4-8-2-3-9(18)5-11(8)20-12/h2-6,18H,1H3,(H,15,16,17). The highest BCUT2D eigenvalue weighted by Crippen LogP contribution is 2.26. The van der Waals surface area contributed by atoms with Crippen molar-refractivity contribution in [2.24, 2.45) is 0 Å². The summed E-state index contributed by atoms with van der Waals surface area (Å²) >= 11 is 1.16. The van der Waals surface area contributed by atoms with Crippen molar-refractivity contribution in [2.75, 3.05) is 5.32 Å². The number of rotatable bonds is 3. The van der Waals surface area contributed by atoms with Crippen molar-refractivity contribution in [2.45, 2.75) is 6.92 Å². The molecule has 0 aliphatic heterocycles. The van der Waals surface area contributed by atoms with Gasteiger partial charge >= 0.3 is 0 Å². The molecule has 0 radical (unpaired) electrons. The minimum Gasteiger partial charge on any atom is -0.508 e. The van der Waals surface area contributed by atoms with Crippen LogP contribution in [0.1, 0.15) is 23.2 Å². The Labute approximate surface area is 123 Å². The van der Waals surface area contributed by atoms with Crippen LogP contribution in [0.2, 0.25) is 0 Å². The summed E-state index contributed by atoms with van der Waals surface area (Å²) in [4.78, 5) is 27.3. The van der Waals surface area contributed by atoms with E-state index in [1.807, 2.05) is 0 Å². The lowest BCUT2D eigenvalue weighted by Gasteiger charge is -1.93. The molecular formula is C14H10N2O4S. The predicted molar refractivity (Wildman–Crippen MR) is 77.7 cm³/mol. The van der Waals surface area contributed by atoms with E-state index in [9.17, 15) is 14.7 Å². The van der Waals surface area contributed by atoms with Gasteiger partial charge in [-0.25, -0.2) is 4.98 Å². The molecule has 2 aromatic heterocycles. The largest absolute Gasteiger partial charge is 0.508 e. The number of anilines is 1. The van der Waals surface area contributed by atoms with Gasteiger partial charge in [-0.15, -0.1) is 11.3 Å². The van der Waals surface area contributed by atoms with Crippen molar-refractivity contribution in [1.29, 1.82) is 0 Å². The van der Waals surface area contributed by atoms with E-state index >= 15 is 0 Å². The topological polar surface area (TPSA) is 92.4 Å². The van der Waals surface area contributed by atoms with Crippen LogP contribution in [0.5, 0.6) is 5.75 Å². The molecule has 1 aromatic carbocycles. The number of phenolic OH excluding ortho intramolecular Hbond substituents is 1. The fraction of sp³-hybridized carbons (Fsp3) is 0.0714. The second kappa shape index (κ2) is 5.02. The van der Waals surface area contributed by atoms with E-state index < -0.39 is 0 Å². The second-order valence-corrected chi connectivity index (χ2v) is 5.24. The number of hydrogen-bond donors (Lipinski definition) is 2. The van der Waals surface area contributed by atoms with Gasteiger partial charge in [-0.05, 0) is 18.2 Å². The lowest BCUT2D eigenvalue weighted by molar-refractivity contribution is -0.114. The monoisotopic (exact) mass is 302 g/mol. The molecule has 0 saturated heterocycles. The first-order valence-corrected chi connectivity index (χ1v) is 6.91. The smallest absolute Gasteiger partial charge is 0.247 e. The summed E-state index contributed by atoms with van der Waals surface area (Å²) in [6, 6.07) is 6.21. The van der Waals surface area contributed by atoms with E-state index in [1.54, 1.807) is 17.5 Å². The van der Waals surface area contributed by atoms with Crippen molar-refractivity contribution in [3.63, 3.8) is 0 Å². The van der Waals surface area contributed by atoms with Crippen LogP contribution < -0.4 is 5.32 Å². The molecule has 2 N–H and O–H groups in total. The number of carbonyl (C=O) groups excluding carboxylic acids is 2. The van der Waals surface area contributed by atoms with Crippen molar-refractivity contribution >= 4 is 39.1 Å². The summed E-state index contributed by atoms with van der Waals surface area (Å²) in [5.74, 6) is -0.422. The average Bonchev–Trinajstić information content (AvgIpc) is 3.03. The number of benzene rings is 1. The number of aromatic nitrogens is 1. The Bertz CT molecular complexity index is 850. The Balaban J connectivity index is 1.92. The van der Waals surface area contributed by atoms with Crippen LogP contribution in [-0.4, -0.2) is 21.8 Å². The minimum atomic E-state index is -0.376. The summed E-state index contributed by atoms with van der Waals surface area (Å²) < 4.78 is 5.42. The Morgan fingerprint density at radius 2 is 2.14 bits per heavy atom. The molecule has 0 unspecified atom stereocenters. The molecule has 0 fully saturated rings. The molecular weight excluding hydrogens is 292 g/mol. The Morgan fingerprint density at radius 1 is 1.33 bits per heavy atom. The zero-order valence-electron chi connectivity index (χ0n) is 10.9. The van der Waals surface area contributed by atoms with Crippen LogP contribution in [0, 0.1) is 0 Å². The number of phenols is 1. The first kappa shape index (κ1) is 13.3. The van der Waals surface area contributed by atoms with Gasteiger partial charge in [-0.1, -0.05) is 0 Å². The van der Waals surface area contributed by atoms with E-state index in [0.29, 0.717) is 16.1 Å². The molecule has 0 bridgehead atoms. The maximum atomic E-state index is 12.3. The van der Waals surface area contributed by atoms with E-state index in [2.05, 4.69) is 10.3 Å². The fourth-order valence-corrected chi connectivity index (χ4v) is 2.58. The molecule has 2 heterocycles. The Morgan fingerprint density at radius 3 is 2.90 bits per heavy atom. The maximum absolute atomic E-state index is 12.3. The molecule has 106 valence electrons. The van der Waals surface area contributed by atoms with Crippen molar-refractivity contribution in [3.05, 3.63) is 41.1 Å². The summed E-state index contributed by atoms with van der Waals surface area (Å²) in [5.41, 5.74) is 0.627. The van der Waals surface area contributed by atoms with Gasteiger partial charge in [0.25, 0.3) is 0 Å².